The second-order valence-electron chi connectivity index (χ2n) is 18.5. The summed E-state index contributed by atoms with van der Waals surface area (Å²) in [7, 11) is 1.31. The van der Waals surface area contributed by atoms with Crippen LogP contribution < -0.4 is 10.2 Å². The van der Waals surface area contributed by atoms with Crippen molar-refractivity contribution in [2.75, 3.05) is 40.9 Å². The highest BCUT2D eigenvalue weighted by Crippen LogP contribution is 2.38. The molecule has 0 spiro atoms. The first kappa shape index (κ1) is 57.2. The van der Waals surface area contributed by atoms with Gasteiger partial charge in [0.25, 0.3) is 7.82 Å². The van der Waals surface area contributed by atoms with Crippen LogP contribution in [0.15, 0.2) is 12.2 Å². The molecule has 2 N–H and O–H groups in total. The van der Waals surface area contributed by atoms with Crippen LogP contribution in [0, 0.1) is 0 Å². The predicted octanol–water partition coefficient (Wildman–Crippen LogP) is 13.7. The Labute approximate surface area is 361 Å². The lowest BCUT2D eigenvalue weighted by atomic mass is 10.0. The number of amides is 1. The number of carbonyl (C=O) groups is 1. The largest absolute Gasteiger partial charge is 0.756 e. The number of aliphatic hydroxyl groups is 1. The molecule has 0 aliphatic rings. The number of nitrogens with one attached hydrogen (secondary N) is 1. The molecule has 0 aromatic carbocycles. The van der Waals surface area contributed by atoms with E-state index in [4.69, 9.17) is 9.05 Å². The molecule has 0 saturated heterocycles. The van der Waals surface area contributed by atoms with Crippen molar-refractivity contribution in [1.82, 2.24) is 5.32 Å². The van der Waals surface area contributed by atoms with Gasteiger partial charge >= 0.3 is 0 Å². The van der Waals surface area contributed by atoms with Crippen molar-refractivity contribution >= 4 is 13.7 Å². The molecule has 0 aliphatic carbocycles. The minimum atomic E-state index is -4.56. The second kappa shape index (κ2) is 41.6. The fourth-order valence-electron chi connectivity index (χ4n) is 7.51. The molecule has 3 atom stereocenters. The zero-order valence-electron chi connectivity index (χ0n) is 39.3. The Kier molecular flexibility index (Phi) is 41.0. The first-order chi connectivity index (χ1) is 28.0. The van der Waals surface area contributed by atoms with E-state index in [1.54, 1.807) is 0 Å². The molecule has 0 aromatic rings. The van der Waals surface area contributed by atoms with Crippen LogP contribution >= 0.6 is 7.82 Å². The summed E-state index contributed by atoms with van der Waals surface area (Å²) in [5.41, 5.74) is 0. The van der Waals surface area contributed by atoms with Crippen molar-refractivity contribution in [2.45, 2.75) is 257 Å². The van der Waals surface area contributed by atoms with Crippen LogP contribution in [0.25, 0.3) is 0 Å². The fraction of sp³-hybridized carbons (Fsp3) is 0.939. The van der Waals surface area contributed by atoms with Gasteiger partial charge in [-0.1, -0.05) is 212 Å². The Morgan fingerprint density at radius 1 is 0.586 bits per heavy atom. The van der Waals surface area contributed by atoms with E-state index in [-0.39, 0.29) is 19.1 Å². The van der Waals surface area contributed by atoms with E-state index >= 15 is 0 Å². The van der Waals surface area contributed by atoms with Crippen molar-refractivity contribution in [2.24, 2.45) is 0 Å². The zero-order valence-corrected chi connectivity index (χ0v) is 40.2. The molecule has 0 saturated carbocycles. The number of carbonyl (C=O) groups excluding carboxylic acids is 1. The zero-order chi connectivity index (χ0) is 42.8. The maximum Gasteiger partial charge on any atom is 0.268 e. The molecule has 0 aliphatic heterocycles. The number of phosphoric acid groups is 1. The highest BCUT2D eigenvalue weighted by Gasteiger charge is 2.24. The van der Waals surface area contributed by atoms with E-state index in [1.807, 2.05) is 21.1 Å². The molecular weight excluding hydrogens is 744 g/mol. The summed E-state index contributed by atoms with van der Waals surface area (Å²) < 4.78 is 23.2. The molecule has 8 nitrogen and oxygen atoms in total. The summed E-state index contributed by atoms with van der Waals surface area (Å²) in [4.78, 5) is 25.3. The van der Waals surface area contributed by atoms with Gasteiger partial charge in [0, 0.05) is 6.42 Å². The second-order valence-corrected chi connectivity index (χ2v) is 19.9. The summed E-state index contributed by atoms with van der Waals surface area (Å²) in [6.07, 6.45) is 48.2. The minimum absolute atomic E-state index is 0.0138. The predicted molar refractivity (Wildman–Crippen MR) is 247 cm³/mol. The Balaban J connectivity index is 4.03. The number of rotatable bonds is 46. The lowest BCUT2D eigenvalue weighted by Gasteiger charge is -2.30. The van der Waals surface area contributed by atoms with Crippen LogP contribution in [-0.4, -0.2) is 68.5 Å². The number of allylic oxidation sites excluding steroid dienone is 2. The summed E-state index contributed by atoms with van der Waals surface area (Å²) in [6.45, 7) is 4.71. The van der Waals surface area contributed by atoms with Crippen LogP contribution in [0.2, 0.25) is 0 Å². The number of aliphatic hydroxyl groups excluding tert-OH is 1. The van der Waals surface area contributed by atoms with Gasteiger partial charge < -0.3 is 28.8 Å². The van der Waals surface area contributed by atoms with Crippen molar-refractivity contribution in [3.63, 3.8) is 0 Å². The fourth-order valence-corrected chi connectivity index (χ4v) is 8.23. The third-order valence-electron chi connectivity index (χ3n) is 11.5. The number of unbranched alkanes of at least 4 members (excludes halogenated alkanes) is 31. The normalized spacial score (nSPS) is 14.3. The molecule has 58 heavy (non-hydrogen) atoms. The van der Waals surface area contributed by atoms with Crippen molar-refractivity contribution < 1.29 is 32.9 Å². The highest BCUT2D eigenvalue weighted by atomic mass is 31.2. The standard InChI is InChI=1S/C49H99N2O6P/c1-6-8-10-12-14-16-17-18-19-20-21-22-23-24-25-26-27-28-29-30-31-32-33-35-37-39-41-43-49(53)50-47(46-57-58(54,55)56-45-44-51(3,4)5)48(52)42-40-38-36-34-15-13-11-9-7-2/h24-25,47-48,52H,6-23,26-46H2,1-5H3,(H-,50,53,54,55)/b25-24-. The van der Waals surface area contributed by atoms with Gasteiger partial charge in [-0.25, -0.2) is 0 Å². The number of nitrogens with zero attached hydrogens (tertiary/aromatic N) is 1. The van der Waals surface area contributed by atoms with E-state index in [9.17, 15) is 19.4 Å². The Bertz CT molecular complexity index is 958. The lowest BCUT2D eigenvalue weighted by molar-refractivity contribution is -0.870. The maximum absolute atomic E-state index is 12.9. The van der Waals surface area contributed by atoms with Gasteiger partial charge in [-0.05, 0) is 38.5 Å². The van der Waals surface area contributed by atoms with Crippen LogP contribution in [-0.2, 0) is 18.4 Å². The van der Waals surface area contributed by atoms with E-state index in [0.29, 0.717) is 23.9 Å². The molecule has 346 valence electrons. The average Bonchev–Trinajstić information content (AvgIpc) is 3.17. The van der Waals surface area contributed by atoms with Crippen molar-refractivity contribution in [3.8, 4) is 0 Å². The van der Waals surface area contributed by atoms with E-state index < -0.39 is 20.0 Å². The minimum Gasteiger partial charge on any atom is -0.756 e. The van der Waals surface area contributed by atoms with E-state index in [1.165, 1.54) is 180 Å². The van der Waals surface area contributed by atoms with Gasteiger partial charge in [0.15, 0.2) is 0 Å². The van der Waals surface area contributed by atoms with Gasteiger partial charge in [0.05, 0.1) is 39.9 Å². The Morgan fingerprint density at radius 3 is 1.34 bits per heavy atom. The quantitative estimate of drug-likeness (QED) is 0.0273. The molecule has 0 radical (unpaired) electrons. The lowest BCUT2D eigenvalue weighted by Crippen LogP contribution is -2.46. The molecule has 0 fully saturated rings. The molecule has 0 rings (SSSR count). The SMILES string of the molecule is CCCCCCCCCCCCCC/C=C\CCCCCCCCCCCCCC(=O)NC(COP(=O)([O-])OCC[N+](C)(C)C)C(O)CCCCCCCCCCC. The number of quaternary nitrogens is 1. The van der Waals surface area contributed by atoms with Gasteiger partial charge in [0.2, 0.25) is 5.91 Å². The molecule has 1 amide bonds. The third-order valence-corrected chi connectivity index (χ3v) is 12.5. The smallest absolute Gasteiger partial charge is 0.268 e. The number of hydrogen-bond acceptors (Lipinski definition) is 6. The summed E-state index contributed by atoms with van der Waals surface area (Å²) >= 11 is 0. The summed E-state index contributed by atoms with van der Waals surface area (Å²) in [5.74, 6) is -0.165. The van der Waals surface area contributed by atoms with Crippen molar-refractivity contribution in [1.29, 1.82) is 0 Å². The summed E-state index contributed by atoms with van der Waals surface area (Å²) in [5, 5.41) is 13.9. The Hall–Kier alpha value is -0.760. The van der Waals surface area contributed by atoms with Crippen molar-refractivity contribution in [3.05, 3.63) is 12.2 Å². The summed E-state index contributed by atoms with van der Waals surface area (Å²) in [6, 6.07) is -0.795. The third kappa shape index (κ3) is 43.3. The molecular formula is C49H99N2O6P. The number of phosphoric ester groups is 1. The van der Waals surface area contributed by atoms with Crippen LogP contribution in [0.1, 0.15) is 245 Å². The number of hydrogen-bond donors (Lipinski definition) is 2. The van der Waals surface area contributed by atoms with E-state index in [2.05, 4.69) is 31.3 Å². The van der Waals surface area contributed by atoms with Crippen LogP contribution in [0.4, 0.5) is 0 Å². The number of likely N-dealkylation sites (N-methyl/N-ethyl adjacent to an activating group) is 1. The van der Waals surface area contributed by atoms with E-state index in [0.717, 1.165) is 38.5 Å². The topological polar surface area (TPSA) is 108 Å². The first-order valence-electron chi connectivity index (χ1n) is 25.0. The Morgan fingerprint density at radius 2 is 0.948 bits per heavy atom. The molecule has 9 heteroatoms. The molecule has 0 aromatic heterocycles. The highest BCUT2D eigenvalue weighted by molar-refractivity contribution is 7.45. The monoisotopic (exact) mass is 843 g/mol. The molecule has 0 bridgehead atoms. The first-order valence-corrected chi connectivity index (χ1v) is 26.5. The van der Waals surface area contributed by atoms with Gasteiger partial charge in [-0.2, -0.15) is 0 Å². The molecule has 0 heterocycles. The maximum atomic E-state index is 12.9. The average molecular weight is 843 g/mol. The van der Waals surface area contributed by atoms with Gasteiger partial charge in [0.1, 0.15) is 13.2 Å². The van der Waals surface area contributed by atoms with Gasteiger partial charge in [-0.15, -0.1) is 0 Å². The molecule has 3 unspecified atom stereocenters. The van der Waals surface area contributed by atoms with Crippen LogP contribution in [0.3, 0.4) is 0 Å². The van der Waals surface area contributed by atoms with Gasteiger partial charge in [-0.3, -0.25) is 9.36 Å². The van der Waals surface area contributed by atoms with Crippen LogP contribution in [0.5, 0.6) is 0 Å².